The molecule has 0 fully saturated rings. The van der Waals surface area contributed by atoms with Crippen LogP contribution in [0.4, 0.5) is 5.13 Å². The van der Waals surface area contributed by atoms with Gasteiger partial charge in [-0.2, -0.15) is 0 Å². The number of hydrogen-bond acceptors (Lipinski definition) is 3. The summed E-state index contributed by atoms with van der Waals surface area (Å²) in [5.41, 5.74) is 0. The topological polar surface area (TPSA) is 24.9 Å². The molecule has 1 aromatic rings. The summed E-state index contributed by atoms with van der Waals surface area (Å²) < 4.78 is 0.876. The van der Waals surface area contributed by atoms with Crippen molar-refractivity contribution in [3.63, 3.8) is 0 Å². The largest absolute Gasteiger partial charge is 0.356 e. The molecule has 4 heteroatoms. The SMILES string of the molecule is C=CC(C)Nc1nc(Br)cs1. The number of nitrogens with one attached hydrogen (secondary N) is 1. The third-order valence-electron chi connectivity index (χ3n) is 1.18. The fraction of sp³-hybridized carbons (Fsp3) is 0.286. The van der Waals surface area contributed by atoms with E-state index in [4.69, 9.17) is 0 Å². The van der Waals surface area contributed by atoms with Gasteiger partial charge in [0, 0.05) is 11.4 Å². The molecule has 1 heterocycles. The monoisotopic (exact) mass is 232 g/mol. The Morgan fingerprint density at radius 3 is 3.09 bits per heavy atom. The van der Waals surface area contributed by atoms with Gasteiger partial charge in [0.2, 0.25) is 0 Å². The molecule has 0 spiro atoms. The van der Waals surface area contributed by atoms with Gasteiger partial charge in [0.25, 0.3) is 0 Å². The van der Waals surface area contributed by atoms with Gasteiger partial charge >= 0.3 is 0 Å². The molecule has 1 rings (SSSR count). The van der Waals surface area contributed by atoms with E-state index in [1.807, 2.05) is 18.4 Å². The Bertz CT molecular complexity index is 246. The van der Waals surface area contributed by atoms with Gasteiger partial charge in [-0.05, 0) is 22.9 Å². The fourth-order valence-electron chi connectivity index (χ4n) is 0.574. The molecule has 1 aromatic heterocycles. The van der Waals surface area contributed by atoms with Crippen molar-refractivity contribution >= 4 is 32.4 Å². The average molecular weight is 233 g/mol. The zero-order valence-electron chi connectivity index (χ0n) is 6.17. The maximum absolute atomic E-state index is 4.17. The Kier molecular flexibility index (Phi) is 3.08. The van der Waals surface area contributed by atoms with Crippen LogP contribution >= 0.6 is 27.3 Å². The van der Waals surface area contributed by atoms with Crippen molar-refractivity contribution in [1.29, 1.82) is 0 Å². The zero-order valence-corrected chi connectivity index (χ0v) is 8.58. The highest BCUT2D eigenvalue weighted by Crippen LogP contribution is 2.19. The fourth-order valence-corrected chi connectivity index (χ4v) is 1.82. The minimum atomic E-state index is 0.271. The number of thiazole rings is 1. The first-order valence-electron chi connectivity index (χ1n) is 3.22. The summed E-state index contributed by atoms with van der Waals surface area (Å²) in [6.45, 7) is 5.70. The van der Waals surface area contributed by atoms with Crippen molar-refractivity contribution < 1.29 is 0 Å². The minimum absolute atomic E-state index is 0.271. The lowest BCUT2D eigenvalue weighted by atomic mass is 10.3. The molecular formula is C7H9BrN2S. The maximum atomic E-state index is 4.17. The van der Waals surface area contributed by atoms with Gasteiger partial charge in [-0.1, -0.05) is 6.08 Å². The molecule has 0 saturated heterocycles. The van der Waals surface area contributed by atoms with Crippen LogP contribution < -0.4 is 5.32 Å². The molecule has 11 heavy (non-hydrogen) atoms. The van der Waals surface area contributed by atoms with E-state index in [0.29, 0.717) is 0 Å². The van der Waals surface area contributed by atoms with E-state index in [2.05, 4.69) is 32.8 Å². The van der Waals surface area contributed by atoms with Gasteiger partial charge in [-0.3, -0.25) is 0 Å². The maximum Gasteiger partial charge on any atom is 0.184 e. The van der Waals surface area contributed by atoms with Crippen LogP contribution in [0.2, 0.25) is 0 Å². The van der Waals surface area contributed by atoms with E-state index >= 15 is 0 Å². The first kappa shape index (κ1) is 8.74. The van der Waals surface area contributed by atoms with Gasteiger partial charge in [0.15, 0.2) is 5.13 Å². The second kappa shape index (κ2) is 3.88. The Balaban J connectivity index is 2.57. The summed E-state index contributed by atoms with van der Waals surface area (Å²) >= 11 is 4.85. The molecule has 1 N–H and O–H groups in total. The Labute approximate surface area is 78.5 Å². The van der Waals surface area contributed by atoms with E-state index < -0.39 is 0 Å². The first-order valence-corrected chi connectivity index (χ1v) is 4.89. The summed E-state index contributed by atoms with van der Waals surface area (Å²) in [5, 5.41) is 6.03. The van der Waals surface area contributed by atoms with Crippen molar-refractivity contribution in [2.45, 2.75) is 13.0 Å². The highest BCUT2D eigenvalue weighted by atomic mass is 79.9. The zero-order chi connectivity index (χ0) is 8.27. The number of aromatic nitrogens is 1. The number of rotatable bonds is 3. The Morgan fingerprint density at radius 1 is 1.91 bits per heavy atom. The second-order valence-corrected chi connectivity index (χ2v) is 3.81. The summed E-state index contributed by atoms with van der Waals surface area (Å²) in [4.78, 5) is 4.17. The van der Waals surface area contributed by atoms with Crippen LogP contribution in [0, 0.1) is 0 Å². The molecule has 0 radical (unpaired) electrons. The van der Waals surface area contributed by atoms with Crippen LogP contribution in [0.25, 0.3) is 0 Å². The van der Waals surface area contributed by atoms with Crippen molar-refractivity contribution in [3.8, 4) is 0 Å². The lowest BCUT2D eigenvalue weighted by Crippen LogP contribution is -2.10. The van der Waals surface area contributed by atoms with Crippen LogP contribution in [0.15, 0.2) is 22.6 Å². The lowest BCUT2D eigenvalue weighted by Gasteiger charge is -2.05. The summed E-state index contributed by atoms with van der Waals surface area (Å²) in [6.07, 6.45) is 1.84. The normalized spacial score (nSPS) is 12.5. The van der Waals surface area contributed by atoms with Crippen molar-refractivity contribution in [3.05, 3.63) is 22.6 Å². The van der Waals surface area contributed by atoms with Gasteiger partial charge in [0.1, 0.15) is 4.60 Å². The molecule has 1 atom stereocenters. The number of nitrogens with zero attached hydrogens (tertiary/aromatic N) is 1. The molecule has 0 bridgehead atoms. The number of halogens is 1. The van der Waals surface area contributed by atoms with Crippen LogP contribution in [0.3, 0.4) is 0 Å². The van der Waals surface area contributed by atoms with Crippen molar-refractivity contribution in [2.24, 2.45) is 0 Å². The summed E-state index contributed by atoms with van der Waals surface area (Å²) in [7, 11) is 0. The molecule has 2 nitrogen and oxygen atoms in total. The smallest absolute Gasteiger partial charge is 0.184 e. The lowest BCUT2D eigenvalue weighted by molar-refractivity contribution is 0.994. The van der Waals surface area contributed by atoms with Gasteiger partial charge in [0.05, 0.1) is 0 Å². The molecule has 0 aliphatic rings. The Hall–Kier alpha value is -0.350. The van der Waals surface area contributed by atoms with Gasteiger partial charge in [-0.25, -0.2) is 4.98 Å². The van der Waals surface area contributed by atoms with Crippen molar-refractivity contribution in [1.82, 2.24) is 4.98 Å². The Morgan fingerprint density at radius 2 is 2.64 bits per heavy atom. The minimum Gasteiger partial charge on any atom is -0.356 e. The van der Waals surface area contributed by atoms with Crippen molar-refractivity contribution in [2.75, 3.05) is 5.32 Å². The van der Waals surface area contributed by atoms with E-state index in [1.54, 1.807) is 11.3 Å². The number of anilines is 1. The van der Waals surface area contributed by atoms with E-state index in [1.165, 1.54) is 0 Å². The quantitative estimate of drug-likeness (QED) is 0.812. The number of hydrogen-bond donors (Lipinski definition) is 1. The standard InChI is InChI=1S/C7H9BrN2S/c1-3-5(2)9-7-10-6(8)4-11-7/h3-5H,1H2,2H3,(H,9,10). The molecule has 0 saturated carbocycles. The van der Waals surface area contributed by atoms with E-state index in [0.717, 1.165) is 9.73 Å². The molecule has 1 unspecified atom stereocenters. The molecule has 0 aromatic carbocycles. The average Bonchev–Trinajstić information content (AvgIpc) is 2.35. The van der Waals surface area contributed by atoms with Crippen LogP contribution in [0.1, 0.15) is 6.92 Å². The van der Waals surface area contributed by atoms with Crippen LogP contribution in [0.5, 0.6) is 0 Å². The van der Waals surface area contributed by atoms with Crippen LogP contribution in [-0.2, 0) is 0 Å². The molecule has 0 aliphatic heterocycles. The van der Waals surface area contributed by atoms with E-state index in [-0.39, 0.29) is 6.04 Å². The summed E-state index contributed by atoms with van der Waals surface area (Å²) in [5.74, 6) is 0. The van der Waals surface area contributed by atoms with E-state index in [9.17, 15) is 0 Å². The molecule has 0 aliphatic carbocycles. The predicted molar refractivity (Wildman–Crippen MR) is 53.1 cm³/mol. The summed E-state index contributed by atoms with van der Waals surface area (Å²) in [6, 6.07) is 0.271. The molecule has 0 amide bonds. The predicted octanol–water partition coefficient (Wildman–Crippen LogP) is 2.89. The van der Waals surface area contributed by atoms with Gasteiger partial charge < -0.3 is 5.32 Å². The van der Waals surface area contributed by atoms with Gasteiger partial charge in [-0.15, -0.1) is 17.9 Å². The third kappa shape index (κ3) is 2.63. The highest BCUT2D eigenvalue weighted by molar-refractivity contribution is 9.10. The molecular weight excluding hydrogens is 224 g/mol. The van der Waals surface area contributed by atoms with Crippen LogP contribution in [-0.4, -0.2) is 11.0 Å². The third-order valence-corrected chi connectivity index (χ3v) is 2.66. The first-order chi connectivity index (χ1) is 5.22. The molecule has 60 valence electrons. The second-order valence-electron chi connectivity index (χ2n) is 2.14. The highest BCUT2D eigenvalue weighted by Gasteiger charge is 2.00.